The van der Waals surface area contributed by atoms with Crippen LogP contribution in [0.4, 0.5) is 0 Å². The fourth-order valence-electron chi connectivity index (χ4n) is 3.41. The molecule has 0 saturated carbocycles. The van der Waals surface area contributed by atoms with Gasteiger partial charge in [-0.2, -0.15) is 11.1 Å². The number of hydrogen-bond donors (Lipinski definition) is 0. The lowest BCUT2D eigenvalue weighted by Crippen LogP contribution is -2.14. The van der Waals surface area contributed by atoms with Crippen LogP contribution in [-0.2, 0) is 9.53 Å². The molecule has 0 atom stereocenters. The summed E-state index contributed by atoms with van der Waals surface area (Å²) in [5.74, 6) is -0.257. The summed E-state index contributed by atoms with van der Waals surface area (Å²) in [4.78, 5) is 11.2. The van der Waals surface area contributed by atoms with Crippen LogP contribution in [0.3, 0.4) is 0 Å². The monoisotopic (exact) mass is 430 g/mol. The van der Waals surface area contributed by atoms with E-state index in [-0.39, 0.29) is 5.97 Å². The van der Waals surface area contributed by atoms with Gasteiger partial charge in [-0.05, 0) is 19.4 Å². The third-order valence-corrected chi connectivity index (χ3v) is 7.36. The Morgan fingerprint density at radius 1 is 0.714 bits per heavy atom. The van der Waals surface area contributed by atoms with Crippen molar-refractivity contribution in [1.82, 2.24) is 0 Å². The Balaban J connectivity index is 3.10. The van der Waals surface area contributed by atoms with Crippen LogP contribution in [-0.4, -0.2) is 20.0 Å². The van der Waals surface area contributed by atoms with Gasteiger partial charge in [0.25, 0.3) is 0 Å². The van der Waals surface area contributed by atoms with Gasteiger partial charge in [0, 0.05) is 5.57 Å². The average Bonchev–Trinajstić information content (AvgIpc) is 2.62. The molecule has 0 aromatic carbocycles. The maximum absolute atomic E-state index is 11.2. The second kappa shape index (κ2) is 18.7. The van der Waals surface area contributed by atoms with Gasteiger partial charge in [-0.25, -0.2) is 4.79 Å². The van der Waals surface area contributed by atoms with E-state index in [1.165, 1.54) is 95.9 Å². The molecule has 0 bridgehead atoms. The average molecular weight is 431 g/mol. The molecule has 0 heterocycles. The summed E-state index contributed by atoms with van der Waals surface area (Å²) in [6.45, 7) is 10.3. The van der Waals surface area contributed by atoms with Gasteiger partial charge >= 0.3 is 5.97 Å². The van der Waals surface area contributed by atoms with Crippen molar-refractivity contribution in [3.8, 4) is 0 Å². The first-order valence-electron chi connectivity index (χ1n) is 11.8. The summed E-state index contributed by atoms with van der Waals surface area (Å²) in [6, 6.07) is 1.28. The van der Waals surface area contributed by atoms with E-state index < -0.39 is 7.38 Å². The zero-order chi connectivity index (χ0) is 21.1. The molecular formula is C24H47ClO2Si. The first-order valence-corrected chi connectivity index (χ1v) is 16.1. The number of unbranched alkanes of at least 4 members (excludes halogenated alkanes) is 15. The lowest BCUT2D eigenvalue weighted by molar-refractivity contribution is -0.139. The van der Waals surface area contributed by atoms with Gasteiger partial charge < -0.3 is 4.74 Å². The van der Waals surface area contributed by atoms with Crippen molar-refractivity contribution in [2.45, 2.75) is 129 Å². The van der Waals surface area contributed by atoms with Crippen LogP contribution < -0.4 is 0 Å². The van der Waals surface area contributed by atoms with Crippen LogP contribution in [0.15, 0.2) is 12.2 Å². The summed E-state index contributed by atoms with van der Waals surface area (Å²) in [5, 5.41) is 0. The Kier molecular flexibility index (Phi) is 18.5. The smallest absolute Gasteiger partial charge is 0.333 e. The fraction of sp³-hybridized carbons (Fsp3) is 0.875. The van der Waals surface area contributed by atoms with Crippen LogP contribution in [0.25, 0.3) is 0 Å². The first-order chi connectivity index (χ1) is 13.3. The Morgan fingerprint density at radius 2 is 1.04 bits per heavy atom. The van der Waals surface area contributed by atoms with E-state index in [1.54, 1.807) is 6.92 Å². The Labute approximate surface area is 181 Å². The molecule has 0 rings (SSSR count). The van der Waals surface area contributed by atoms with E-state index in [4.69, 9.17) is 15.8 Å². The number of halogens is 1. The van der Waals surface area contributed by atoms with Crippen LogP contribution in [0.2, 0.25) is 19.1 Å². The molecule has 0 N–H and O–H groups in total. The summed E-state index contributed by atoms with van der Waals surface area (Å²) in [6.07, 6.45) is 21.5. The van der Waals surface area contributed by atoms with Gasteiger partial charge in [0.05, 0.1) is 6.61 Å². The highest BCUT2D eigenvalue weighted by molar-refractivity contribution is 7.19. The molecule has 0 aromatic heterocycles. The Morgan fingerprint density at radius 3 is 1.36 bits per heavy atom. The van der Waals surface area contributed by atoms with Crippen molar-refractivity contribution < 1.29 is 9.53 Å². The minimum Gasteiger partial charge on any atom is -0.462 e. The molecule has 166 valence electrons. The predicted molar refractivity (Wildman–Crippen MR) is 128 cm³/mol. The summed E-state index contributed by atoms with van der Waals surface area (Å²) in [7, 11) is -1.32. The number of carbonyl (C=O) groups is 1. The molecule has 28 heavy (non-hydrogen) atoms. The van der Waals surface area contributed by atoms with E-state index in [2.05, 4.69) is 19.7 Å². The van der Waals surface area contributed by atoms with Crippen LogP contribution in [0.1, 0.15) is 110 Å². The van der Waals surface area contributed by atoms with E-state index in [0.717, 1.165) is 12.8 Å². The van der Waals surface area contributed by atoms with Crippen LogP contribution >= 0.6 is 11.1 Å². The minimum atomic E-state index is -1.32. The van der Waals surface area contributed by atoms with Gasteiger partial charge in [-0.3, -0.25) is 0 Å². The van der Waals surface area contributed by atoms with Crippen molar-refractivity contribution in [3.63, 3.8) is 0 Å². The third kappa shape index (κ3) is 22.0. The number of ether oxygens (including phenoxy) is 1. The normalized spacial score (nSPS) is 11.6. The molecule has 0 aliphatic carbocycles. The summed E-state index contributed by atoms with van der Waals surface area (Å²) >= 11 is 6.35. The molecule has 0 aliphatic rings. The van der Waals surface area contributed by atoms with Crippen molar-refractivity contribution in [3.05, 3.63) is 12.2 Å². The van der Waals surface area contributed by atoms with Gasteiger partial charge in [-0.15, -0.1) is 0 Å². The number of rotatable bonds is 20. The van der Waals surface area contributed by atoms with E-state index in [9.17, 15) is 4.79 Å². The van der Waals surface area contributed by atoms with Crippen molar-refractivity contribution >= 4 is 24.4 Å². The van der Waals surface area contributed by atoms with Gasteiger partial charge in [0.15, 0.2) is 0 Å². The molecule has 0 spiro atoms. The van der Waals surface area contributed by atoms with Gasteiger partial charge in [-0.1, -0.05) is 116 Å². The lowest BCUT2D eigenvalue weighted by Gasteiger charge is -2.11. The highest BCUT2D eigenvalue weighted by Gasteiger charge is 2.15. The largest absolute Gasteiger partial charge is 0.462 e. The molecule has 2 nitrogen and oxygen atoms in total. The molecule has 0 amide bonds. The van der Waals surface area contributed by atoms with Gasteiger partial charge in [0.1, 0.15) is 7.38 Å². The highest BCUT2D eigenvalue weighted by atomic mass is 35.6. The predicted octanol–water partition coefficient (Wildman–Crippen LogP) is 8.79. The SMILES string of the molecule is C=C(C)C(=O)OCCCCCCCCCCCCCCCCCC[Si](C)(C)Cl. The molecular weight excluding hydrogens is 384 g/mol. The molecule has 0 aromatic rings. The number of carbonyl (C=O) groups excluding carboxylic acids is 1. The standard InChI is InChI=1S/C24H47ClO2Si/c1-23(2)24(26)27-21-19-17-15-13-11-9-7-5-6-8-10-12-14-16-18-20-22-28(3,4)25/h1,5-22H2,2-4H3. The molecule has 0 radical (unpaired) electrons. The van der Waals surface area contributed by atoms with E-state index >= 15 is 0 Å². The zero-order valence-electron chi connectivity index (χ0n) is 19.1. The molecule has 0 unspecified atom stereocenters. The zero-order valence-corrected chi connectivity index (χ0v) is 20.9. The molecule has 0 aliphatic heterocycles. The van der Waals surface area contributed by atoms with E-state index in [0.29, 0.717) is 12.2 Å². The van der Waals surface area contributed by atoms with Crippen molar-refractivity contribution in [2.75, 3.05) is 6.61 Å². The van der Waals surface area contributed by atoms with Crippen LogP contribution in [0, 0.1) is 0 Å². The summed E-state index contributed by atoms with van der Waals surface area (Å²) in [5.41, 5.74) is 0.489. The third-order valence-electron chi connectivity index (χ3n) is 5.25. The quantitative estimate of drug-likeness (QED) is 0.0633. The highest BCUT2D eigenvalue weighted by Crippen LogP contribution is 2.19. The molecule has 0 fully saturated rings. The molecule has 4 heteroatoms. The minimum absolute atomic E-state index is 0.257. The maximum atomic E-state index is 11.2. The summed E-state index contributed by atoms with van der Waals surface area (Å²) < 4.78 is 5.10. The molecule has 0 saturated heterocycles. The topological polar surface area (TPSA) is 26.3 Å². The first kappa shape index (κ1) is 27.7. The fourth-order valence-corrected chi connectivity index (χ4v) is 4.90. The Hall–Kier alpha value is -0.283. The lowest BCUT2D eigenvalue weighted by atomic mass is 10.0. The van der Waals surface area contributed by atoms with Crippen molar-refractivity contribution in [1.29, 1.82) is 0 Å². The van der Waals surface area contributed by atoms with Gasteiger partial charge in [0.2, 0.25) is 0 Å². The van der Waals surface area contributed by atoms with Crippen molar-refractivity contribution in [2.24, 2.45) is 0 Å². The second-order valence-electron chi connectivity index (χ2n) is 9.04. The van der Waals surface area contributed by atoms with E-state index in [1.807, 2.05) is 0 Å². The Bertz CT molecular complexity index is 391. The number of hydrogen-bond acceptors (Lipinski definition) is 2. The number of esters is 1. The second-order valence-corrected chi connectivity index (χ2v) is 16.0. The maximum Gasteiger partial charge on any atom is 0.333 e. The van der Waals surface area contributed by atoms with Crippen LogP contribution in [0.5, 0.6) is 0 Å².